The van der Waals surface area contributed by atoms with Gasteiger partial charge >= 0.3 is 0 Å². The summed E-state index contributed by atoms with van der Waals surface area (Å²) in [5.74, 6) is 0.538. The molecule has 6 nitrogen and oxygen atoms in total. The first-order valence-electron chi connectivity index (χ1n) is 9.51. The van der Waals surface area contributed by atoms with E-state index >= 15 is 0 Å². The SMILES string of the molecule is CCOc1cc(/C=C(/C#N)c2cccc([N+](=O)[O-])c2)ccc1OCc1ccccc1F. The van der Waals surface area contributed by atoms with Crippen molar-refractivity contribution in [1.29, 1.82) is 5.26 Å². The Balaban J connectivity index is 1.88. The van der Waals surface area contributed by atoms with E-state index in [9.17, 15) is 19.8 Å². The number of allylic oxidation sites excluding steroid dienone is 1. The Hall–Kier alpha value is -4.18. The molecule has 0 N–H and O–H groups in total. The van der Waals surface area contributed by atoms with Crippen molar-refractivity contribution in [3.8, 4) is 17.6 Å². The Morgan fingerprint density at radius 2 is 1.90 bits per heavy atom. The van der Waals surface area contributed by atoms with Gasteiger partial charge in [-0.05, 0) is 42.3 Å². The highest BCUT2D eigenvalue weighted by molar-refractivity contribution is 5.90. The largest absolute Gasteiger partial charge is 0.490 e. The molecule has 0 aliphatic carbocycles. The fourth-order valence-corrected chi connectivity index (χ4v) is 2.91. The molecule has 0 bridgehead atoms. The molecule has 0 amide bonds. The Kier molecular flexibility index (Phi) is 6.97. The second-order valence-corrected chi connectivity index (χ2v) is 6.50. The Labute approximate surface area is 178 Å². The topological polar surface area (TPSA) is 85.4 Å². The van der Waals surface area contributed by atoms with Gasteiger partial charge < -0.3 is 9.47 Å². The van der Waals surface area contributed by atoms with Crippen molar-refractivity contribution in [3.63, 3.8) is 0 Å². The van der Waals surface area contributed by atoms with Crippen molar-refractivity contribution >= 4 is 17.3 Å². The molecule has 0 spiro atoms. The highest BCUT2D eigenvalue weighted by atomic mass is 19.1. The maximum absolute atomic E-state index is 13.8. The third-order valence-corrected chi connectivity index (χ3v) is 4.41. The van der Waals surface area contributed by atoms with Gasteiger partial charge in [-0.25, -0.2) is 4.39 Å². The van der Waals surface area contributed by atoms with Crippen molar-refractivity contribution in [2.75, 3.05) is 6.61 Å². The minimum absolute atomic E-state index is 0.0407. The van der Waals surface area contributed by atoms with Crippen LogP contribution in [0, 0.1) is 27.3 Å². The summed E-state index contributed by atoms with van der Waals surface area (Å²) in [6, 6.07) is 19.4. The molecule has 0 radical (unpaired) electrons. The summed E-state index contributed by atoms with van der Waals surface area (Å²) in [5.41, 5.74) is 1.70. The van der Waals surface area contributed by atoms with E-state index in [-0.39, 0.29) is 23.7 Å². The van der Waals surface area contributed by atoms with Gasteiger partial charge in [-0.15, -0.1) is 0 Å². The number of non-ortho nitro benzene ring substituents is 1. The van der Waals surface area contributed by atoms with Gasteiger partial charge in [-0.2, -0.15) is 5.26 Å². The average Bonchev–Trinajstić information content (AvgIpc) is 2.78. The summed E-state index contributed by atoms with van der Waals surface area (Å²) in [5, 5.41) is 20.6. The predicted molar refractivity (Wildman–Crippen MR) is 115 cm³/mol. The van der Waals surface area contributed by atoms with Crippen LogP contribution in [0.5, 0.6) is 11.5 Å². The molecule has 0 atom stereocenters. The van der Waals surface area contributed by atoms with Crippen molar-refractivity contribution in [2.45, 2.75) is 13.5 Å². The second kappa shape index (κ2) is 10.0. The lowest BCUT2D eigenvalue weighted by molar-refractivity contribution is -0.384. The molecule has 0 heterocycles. The van der Waals surface area contributed by atoms with Crippen molar-refractivity contribution in [3.05, 3.63) is 99.4 Å². The summed E-state index contributed by atoms with van der Waals surface area (Å²) >= 11 is 0. The molecule has 0 aromatic heterocycles. The molecule has 0 aliphatic rings. The van der Waals surface area contributed by atoms with Gasteiger partial charge in [-0.3, -0.25) is 10.1 Å². The highest BCUT2D eigenvalue weighted by Crippen LogP contribution is 2.31. The quantitative estimate of drug-likeness (QED) is 0.200. The van der Waals surface area contributed by atoms with E-state index in [1.54, 1.807) is 48.5 Å². The number of nitrogens with zero attached hydrogens (tertiary/aromatic N) is 2. The van der Waals surface area contributed by atoms with E-state index in [1.807, 2.05) is 6.92 Å². The van der Waals surface area contributed by atoms with Gasteiger partial charge in [-0.1, -0.05) is 36.4 Å². The smallest absolute Gasteiger partial charge is 0.270 e. The molecular weight excluding hydrogens is 399 g/mol. The number of nitro groups is 1. The number of benzene rings is 3. The van der Waals surface area contributed by atoms with Crippen LogP contribution in [0.25, 0.3) is 11.6 Å². The van der Waals surface area contributed by atoms with Gasteiger partial charge in [0.1, 0.15) is 12.4 Å². The van der Waals surface area contributed by atoms with Crippen LogP contribution in [-0.2, 0) is 6.61 Å². The van der Waals surface area contributed by atoms with Crippen molar-refractivity contribution < 1.29 is 18.8 Å². The summed E-state index contributed by atoms with van der Waals surface area (Å²) in [7, 11) is 0. The number of nitro benzene ring substituents is 1. The maximum Gasteiger partial charge on any atom is 0.270 e. The zero-order valence-electron chi connectivity index (χ0n) is 16.7. The molecule has 31 heavy (non-hydrogen) atoms. The number of nitriles is 1. The molecule has 3 aromatic rings. The second-order valence-electron chi connectivity index (χ2n) is 6.50. The van der Waals surface area contributed by atoms with E-state index in [2.05, 4.69) is 6.07 Å². The zero-order valence-corrected chi connectivity index (χ0v) is 16.7. The molecule has 156 valence electrons. The molecule has 0 unspecified atom stereocenters. The zero-order chi connectivity index (χ0) is 22.2. The monoisotopic (exact) mass is 418 g/mol. The summed E-state index contributed by atoms with van der Waals surface area (Å²) in [6.45, 7) is 2.26. The Morgan fingerprint density at radius 3 is 2.61 bits per heavy atom. The minimum Gasteiger partial charge on any atom is -0.490 e. The van der Waals surface area contributed by atoms with Crippen LogP contribution >= 0.6 is 0 Å². The normalized spacial score (nSPS) is 10.9. The number of hydrogen-bond donors (Lipinski definition) is 0. The minimum atomic E-state index is -0.507. The number of halogens is 1. The standard InChI is InChI=1S/C24H19FN2O4/c1-2-30-24-13-17(10-11-23(24)31-16-19-6-3-4-9-22(19)25)12-20(15-26)18-7-5-8-21(14-18)27(28)29/h3-14H,2,16H2,1H3/b20-12-. The van der Waals surface area contributed by atoms with Gasteiger partial charge in [0, 0.05) is 17.7 Å². The lowest BCUT2D eigenvalue weighted by Crippen LogP contribution is -2.01. The van der Waals surface area contributed by atoms with Crippen LogP contribution in [0.3, 0.4) is 0 Å². The fourth-order valence-electron chi connectivity index (χ4n) is 2.91. The van der Waals surface area contributed by atoms with E-state index < -0.39 is 4.92 Å². The van der Waals surface area contributed by atoms with Gasteiger partial charge in [0.25, 0.3) is 5.69 Å². The summed E-state index contributed by atoms with van der Waals surface area (Å²) in [4.78, 5) is 10.5. The molecular formula is C24H19FN2O4. The summed E-state index contributed by atoms with van der Waals surface area (Å²) < 4.78 is 25.2. The Morgan fingerprint density at radius 1 is 1.10 bits per heavy atom. The molecule has 0 fully saturated rings. The van der Waals surface area contributed by atoms with Crippen LogP contribution in [0.1, 0.15) is 23.6 Å². The average molecular weight is 418 g/mol. The number of rotatable bonds is 8. The maximum atomic E-state index is 13.8. The molecule has 7 heteroatoms. The third kappa shape index (κ3) is 5.46. The first kappa shape index (κ1) is 21.5. The molecule has 0 saturated heterocycles. The van der Waals surface area contributed by atoms with Crippen LogP contribution < -0.4 is 9.47 Å². The van der Waals surface area contributed by atoms with Crippen LogP contribution in [0.2, 0.25) is 0 Å². The van der Waals surface area contributed by atoms with E-state index in [1.165, 1.54) is 24.3 Å². The predicted octanol–water partition coefficient (Wildman–Crippen LogP) is 5.78. The third-order valence-electron chi connectivity index (χ3n) is 4.41. The highest BCUT2D eigenvalue weighted by Gasteiger charge is 2.11. The number of ether oxygens (including phenoxy) is 2. The van der Waals surface area contributed by atoms with E-state index in [0.29, 0.717) is 34.8 Å². The van der Waals surface area contributed by atoms with Crippen LogP contribution in [-0.4, -0.2) is 11.5 Å². The lowest BCUT2D eigenvalue weighted by Gasteiger charge is -2.13. The molecule has 0 saturated carbocycles. The molecule has 3 rings (SSSR count). The molecule has 3 aromatic carbocycles. The summed E-state index contributed by atoms with van der Waals surface area (Å²) in [6.07, 6.45) is 1.61. The first-order valence-corrected chi connectivity index (χ1v) is 9.51. The fraction of sp³-hybridized carbons (Fsp3) is 0.125. The van der Waals surface area contributed by atoms with Crippen LogP contribution in [0.4, 0.5) is 10.1 Å². The van der Waals surface area contributed by atoms with Crippen molar-refractivity contribution in [1.82, 2.24) is 0 Å². The van der Waals surface area contributed by atoms with E-state index in [4.69, 9.17) is 9.47 Å². The molecule has 0 aliphatic heterocycles. The number of hydrogen-bond acceptors (Lipinski definition) is 5. The van der Waals surface area contributed by atoms with E-state index in [0.717, 1.165) is 0 Å². The van der Waals surface area contributed by atoms with Gasteiger partial charge in [0.2, 0.25) is 0 Å². The van der Waals surface area contributed by atoms with Gasteiger partial charge in [0.15, 0.2) is 11.5 Å². The lowest BCUT2D eigenvalue weighted by atomic mass is 10.0. The Bertz CT molecular complexity index is 1170. The van der Waals surface area contributed by atoms with Gasteiger partial charge in [0.05, 0.1) is 23.2 Å². The first-order chi connectivity index (χ1) is 15.0. The van der Waals surface area contributed by atoms with Crippen molar-refractivity contribution in [2.24, 2.45) is 0 Å². The van der Waals surface area contributed by atoms with Crippen LogP contribution in [0.15, 0.2) is 66.7 Å².